The topological polar surface area (TPSA) is 76.0 Å². The van der Waals surface area contributed by atoms with Crippen LogP contribution in [0.5, 0.6) is 0 Å². The second-order valence-corrected chi connectivity index (χ2v) is 6.64. The van der Waals surface area contributed by atoms with E-state index < -0.39 is 0 Å². The fourth-order valence-electron chi connectivity index (χ4n) is 2.77. The normalized spacial score (nSPS) is 13.2. The first-order valence-electron chi connectivity index (χ1n) is 8.97. The second kappa shape index (κ2) is 7.45. The van der Waals surface area contributed by atoms with Gasteiger partial charge in [-0.2, -0.15) is 5.10 Å². The molecule has 1 aromatic heterocycles. The minimum absolute atomic E-state index is 0.0609. The molecular weight excluding hydrogens is 340 g/mol. The third-order valence-corrected chi connectivity index (χ3v) is 4.52. The molecule has 1 aliphatic carbocycles. The lowest BCUT2D eigenvalue weighted by atomic mass is 10.1. The summed E-state index contributed by atoms with van der Waals surface area (Å²) in [4.78, 5) is 24.1. The van der Waals surface area contributed by atoms with Gasteiger partial charge in [0.1, 0.15) is 0 Å². The van der Waals surface area contributed by atoms with Crippen LogP contribution >= 0.6 is 0 Å². The van der Waals surface area contributed by atoms with E-state index in [1.807, 2.05) is 36.5 Å². The number of carbonyl (C=O) groups excluding carboxylic acids is 2. The Labute approximate surface area is 157 Å². The lowest BCUT2D eigenvalue weighted by Gasteiger charge is -2.08. The van der Waals surface area contributed by atoms with Gasteiger partial charge in [0.2, 0.25) is 5.91 Å². The third kappa shape index (κ3) is 4.23. The first-order valence-corrected chi connectivity index (χ1v) is 8.97. The predicted molar refractivity (Wildman–Crippen MR) is 103 cm³/mol. The van der Waals surface area contributed by atoms with Crippen molar-refractivity contribution in [2.75, 3.05) is 5.32 Å². The summed E-state index contributed by atoms with van der Waals surface area (Å²) < 4.78 is 1.78. The predicted octanol–water partition coefficient (Wildman–Crippen LogP) is 3.15. The molecule has 6 heteroatoms. The first-order chi connectivity index (χ1) is 13.2. The summed E-state index contributed by atoms with van der Waals surface area (Å²) >= 11 is 0. The standard InChI is InChI=1S/C21H20N4O2/c26-20(16-6-8-18(9-7-16)24-21(27)17-4-5-17)22-14-15-2-10-19(11-3-15)25-13-1-12-23-25/h1-3,6-13,17H,4-5,14H2,(H,22,26)(H,24,27). The van der Waals surface area contributed by atoms with Gasteiger partial charge in [-0.15, -0.1) is 0 Å². The van der Waals surface area contributed by atoms with Crippen LogP contribution in [0.15, 0.2) is 67.0 Å². The van der Waals surface area contributed by atoms with Gasteiger partial charge >= 0.3 is 0 Å². The number of amides is 2. The van der Waals surface area contributed by atoms with Crippen molar-refractivity contribution in [3.05, 3.63) is 78.1 Å². The minimum atomic E-state index is -0.147. The summed E-state index contributed by atoms with van der Waals surface area (Å²) in [6.07, 6.45) is 5.55. The average molecular weight is 360 g/mol. The van der Waals surface area contributed by atoms with Gasteiger partial charge in [0.15, 0.2) is 0 Å². The van der Waals surface area contributed by atoms with Crippen molar-refractivity contribution in [3.8, 4) is 5.69 Å². The molecule has 0 unspecified atom stereocenters. The fourth-order valence-corrected chi connectivity index (χ4v) is 2.77. The lowest BCUT2D eigenvalue weighted by molar-refractivity contribution is -0.117. The van der Waals surface area contributed by atoms with Gasteiger partial charge in [0, 0.05) is 36.1 Å². The van der Waals surface area contributed by atoms with Crippen LogP contribution in [-0.4, -0.2) is 21.6 Å². The number of hydrogen-bond acceptors (Lipinski definition) is 3. The molecule has 2 aromatic carbocycles. The quantitative estimate of drug-likeness (QED) is 0.709. The van der Waals surface area contributed by atoms with Crippen LogP contribution < -0.4 is 10.6 Å². The molecule has 6 nitrogen and oxygen atoms in total. The van der Waals surface area contributed by atoms with Crippen LogP contribution in [0.3, 0.4) is 0 Å². The Morgan fingerprint density at radius 3 is 2.41 bits per heavy atom. The summed E-state index contributed by atoms with van der Waals surface area (Å²) in [7, 11) is 0. The zero-order chi connectivity index (χ0) is 18.6. The number of nitrogens with zero attached hydrogens (tertiary/aromatic N) is 2. The molecule has 2 amide bonds. The molecule has 1 aliphatic rings. The van der Waals surface area contributed by atoms with Crippen molar-refractivity contribution in [2.24, 2.45) is 5.92 Å². The summed E-state index contributed by atoms with van der Waals surface area (Å²) in [5.74, 6) is 0.0737. The highest BCUT2D eigenvalue weighted by molar-refractivity contribution is 5.96. The van der Waals surface area contributed by atoms with Crippen molar-refractivity contribution in [1.29, 1.82) is 0 Å². The molecule has 4 rings (SSSR count). The third-order valence-electron chi connectivity index (χ3n) is 4.52. The Kier molecular flexibility index (Phi) is 4.70. The Balaban J connectivity index is 1.31. The van der Waals surface area contributed by atoms with Gasteiger partial charge in [-0.1, -0.05) is 12.1 Å². The second-order valence-electron chi connectivity index (χ2n) is 6.64. The molecule has 0 atom stereocenters. The molecule has 1 saturated carbocycles. The molecule has 0 saturated heterocycles. The highest BCUT2D eigenvalue weighted by Gasteiger charge is 2.29. The van der Waals surface area contributed by atoms with Crippen molar-refractivity contribution in [3.63, 3.8) is 0 Å². The number of rotatable bonds is 6. The van der Waals surface area contributed by atoms with E-state index in [1.54, 1.807) is 35.1 Å². The maximum absolute atomic E-state index is 12.3. The van der Waals surface area contributed by atoms with Gasteiger partial charge < -0.3 is 10.6 Å². The molecule has 2 N–H and O–H groups in total. The number of carbonyl (C=O) groups is 2. The van der Waals surface area contributed by atoms with Gasteiger partial charge in [0.05, 0.1) is 5.69 Å². The number of nitrogens with one attached hydrogen (secondary N) is 2. The van der Waals surface area contributed by atoms with Crippen molar-refractivity contribution in [2.45, 2.75) is 19.4 Å². The van der Waals surface area contributed by atoms with Crippen LogP contribution in [-0.2, 0) is 11.3 Å². The summed E-state index contributed by atoms with van der Waals surface area (Å²) in [6, 6.07) is 16.7. The molecule has 136 valence electrons. The zero-order valence-corrected chi connectivity index (χ0v) is 14.8. The summed E-state index contributed by atoms with van der Waals surface area (Å²) in [5.41, 5.74) is 3.26. The van der Waals surface area contributed by atoms with E-state index in [4.69, 9.17) is 0 Å². The summed E-state index contributed by atoms with van der Waals surface area (Å²) in [5, 5.41) is 9.96. The fraction of sp³-hybridized carbons (Fsp3) is 0.190. The average Bonchev–Trinajstić information content (AvgIpc) is 3.42. The molecule has 0 spiro atoms. The molecule has 3 aromatic rings. The van der Waals surface area contributed by atoms with E-state index in [0.717, 1.165) is 29.8 Å². The number of aromatic nitrogens is 2. The molecular formula is C21H20N4O2. The number of benzene rings is 2. The van der Waals surface area contributed by atoms with Crippen LogP contribution in [0, 0.1) is 5.92 Å². The van der Waals surface area contributed by atoms with E-state index in [1.165, 1.54) is 0 Å². The first kappa shape index (κ1) is 17.0. The maximum Gasteiger partial charge on any atom is 0.251 e. The molecule has 1 heterocycles. The minimum Gasteiger partial charge on any atom is -0.348 e. The summed E-state index contributed by atoms with van der Waals surface area (Å²) in [6.45, 7) is 0.443. The largest absolute Gasteiger partial charge is 0.348 e. The van der Waals surface area contributed by atoms with Crippen molar-refractivity contribution < 1.29 is 9.59 Å². The Hall–Kier alpha value is -3.41. The molecule has 0 bridgehead atoms. The zero-order valence-electron chi connectivity index (χ0n) is 14.8. The van der Waals surface area contributed by atoms with E-state index in [2.05, 4.69) is 15.7 Å². The van der Waals surface area contributed by atoms with E-state index in [-0.39, 0.29) is 17.7 Å². The number of anilines is 1. The molecule has 0 radical (unpaired) electrons. The van der Waals surface area contributed by atoms with Crippen molar-refractivity contribution in [1.82, 2.24) is 15.1 Å². The van der Waals surface area contributed by atoms with Crippen LogP contribution in [0.4, 0.5) is 5.69 Å². The monoisotopic (exact) mass is 360 g/mol. The van der Waals surface area contributed by atoms with E-state index in [0.29, 0.717) is 12.1 Å². The SMILES string of the molecule is O=C(NCc1ccc(-n2cccn2)cc1)c1ccc(NC(=O)C2CC2)cc1. The molecule has 0 aliphatic heterocycles. The van der Waals surface area contributed by atoms with Crippen LogP contribution in [0.2, 0.25) is 0 Å². The highest BCUT2D eigenvalue weighted by atomic mass is 16.2. The highest BCUT2D eigenvalue weighted by Crippen LogP contribution is 2.30. The van der Waals surface area contributed by atoms with Gasteiger partial charge in [-0.05, 0) is 60.9 Å². The lowest BCUT2D eigenvalue weighted by Crippen LogP contribution is -2.22. The van der Waals surface area contributed by atoms with Crippen LogP contribution in [0.25, 0.3) is 5.69 Å². The van der Waals surface area contributed by atoms with Gasteiger partial charge in [-0.3, -0.25) is 9.59 Å². The van der Waals surface area contributed by atoms with Crippen molar-refractivity contribution >= 4 is 17.5 Å². The Bertz CT molecular complexity index is 927. The smallest absolute Gasteiger partial charge is 0.251 e. The Morgan fingerprint density at radius 2 is 1.78 bits per heavy atom. The van der Waals surface area contributed by atoms with Gasteiger partial charge in [-0.25, -0.2) is 4.68 Å². The van der Waals surface area contributed by atoms with E-state index in [9.17, 15) is 9.59 Å². The molecule has 27 heavy (non-hydrogen) atoms. The Morgan fingerprint density at radius 1 is 1.04 bits per heavy atom. The number of hydrogen-bond donors (Lipinski definition) is 2. The van der Waals surface area contributed by atoms with Gasteiger partial charge in [0.25, 0.3) is 5.91 Å². The maximum atomic E-state index is 12.3. The van der Waals surface area contributed by atoms with E-state index >= 15 is 0 Å². The van der Waals surface area contributed by atoms with Crippen LogP contribution in [0.1, 0.15) is 28.8 Å². The molecule has 1 fully saturated rings.